The van der Waals surface area contributed by atoms with Crippen LogP contribution in [0.2, 0.25) is 0 Å². The van der Waals surface area contributed by atoms with Crippen molar-refractivity contribution >= 4 is 12.1 Å². The van der Waals surface area contributed by atoms with Crippen LogP contribution in [0.5, 0.6) is 0 Å². The molecule has 7 heteroatoms. The Labute approximate surface area is 172 Å². The van der Waals surface area contributed by atoms with Crippen LogP contribution in [-0.4, -0.2) is 42.5 Å². The first-order valence-corrected chi connectivity index (χ1v) is 11.0. The molecule has 29 heavy (non-hydrogen) atoms. The summed E-state index contributed by atoms with van der Waals surface area (Å²) in [5.41, 5.74) is 2.57. The standard InChI is InChI=1S/C22H32N4O3/c1-15(17-8-5-9-18(14-17)16-6-3-2-4-7-16)23-20-24-21(27)26(22(28)25-20)19-10-12-29-13-11-19/h5,8-9,14-16,19-20,23H,2-4,6-7,10-13H2,1H3,(H,24,27)(H,25,28)/t15-/m0/s1. The minimum absolute atomic E-state index is 0.00114. The molecule has 3 aliphatic rings. The van der Waals surface area contributed by atoms with Crippen LogP contribution in [-0.2, 0) is 4.74 Å². The molecule has 1 saturated carbocycles. The van der Waals surface area contributed by atoms with Crippen LogP contribution < -0.4 is 16.0 Å². The van der Waals surface area contributed by atoms with Crippen molar-refractivity contribution < 1.29 is 14.3 Å². The van der Waals surface area contributed by atoms with Crippen LogP contribution in [0.4, 0.5) is 9.59 Å². The largest absolute Gasteiger partial charge is 0.381 e. The zero-order valence-corrected chi connectivity index (χ0v) is 17.2. The lowest BCUT2D eigenvalue weighted by molar-refractivity contribution is 0.0492. The Morgan fingerprint density at radius 3 is 2.41 bits per heavy atom. The summed E-state index contributed by atoms with van der Waals surface area (Å²) in [6.45, 7) is 3.22. The average Bonchev–Trinajstić information content (AvgIpc) is 2.75. The molecule has 0 unspecified atom stereocenters. The predicted octanol–water partition coefficient (Wildman–Crippen LogP) is 3.58. The van der Waals surface area contributed by atoms with Gasteiger partial charge in [0, 0.05) is 25.3 Å². The average molecular weight is 401 g/mol. The van der Waals surface area contributed by atoms with Gasteiger partial charge < -0.3 is 15.4 Å². The molecule has 2 aliphatic heterocycles. The van der Waals surface area contributed by atoms with Crippen molar-refractivity contribution in [3.63, 3.8) is 0 Å². The number of carbonyl (C=O) groups excluding carboxylic acids is 2. The van der Waals surface area contributed by atoms with E-state index in [1.807, 2.05) is 0 Å². The molecule has 2 saturated heterocycles. The van der Waals surface area contributed by atoms with Crippen LogP contribution in [0.15, 0.2) is 24.3 Å². The van der Waals surface area contributed by atoms with Gasteiger partial charge >= 0.3 is 12.1 Å². The fraction of sp³-hybridized carbons (Fsp3) is 0.636. The number of urea groups is 2. The van der Waals surface area contributed by atoms with Crippen molar-refractivity contribution in [3.8, 4) is 0 Å². The number of ether oxygens (including phenoxy) is 1. The van der Waals surface area contributed by atoms with Gasteiger partial charge in [-0.1, -0.05) is 43.5 Å². The summed E-state index contributed by atoms with van der Waals surface area (Å²) in [4.78, 5) is 26.4. The molecule has 1 atom stereocenters. The van der Waals surface area contributed by atoms with Crippen LogP contribution in [0.25, 0.3) is 0 Å². The number of carbonyl (C=O) groups is 2. The third kappa shape index (κ3) is 4.73. The zero-order valence-electron chi connectivity index (χ0n) is 17.2. The Kier molecular flexibility index (Phi) is 6.35. The van der Waals surface area contributed by atoms with Gasteiger partial charge in [-0.15, -0.1) is 0 Å². The Morgan fingerprint density at radius 2 is 1.72 bits per heavy atom. The molecule has 7 nitrogen and oxygen atoms in total. The lowest BCUT2D eigenvalue weighted by atomic mass is 9.83. The molecule has 4 amide bonds. The number of nitrogens with zero attached hydrogens (tertiary/aromatic N) is 1. The maximum atomic E-state index is 12.6. The number of benzene rings is 1. The highest BCUT2D eigenvalue weighted by molar-refractivity contribution is 5.96. The number of amides is 4. The van der Waals surface area contributed by atoms with Crippen molar-refractivity contribution in [2.24, 2.45) is 0 Å². The van der Waals surface area contributed by atoms with Gasteiger partial charge in [0.2, 0.25) is 0 Å². The third-order valence-electron chi connectivity index (χ3n) is 6.43. The second-order valence-corrected chi connectivity index (χ2v) is 8.44. The summed E-state index contributed by atoms with van der Waals surface area (Å²) in [7, 11) is 0. The summed E-state index contributed by atoms with van der Waals surface area (Å²) in [6.07, 6.45) is 7.29. The van der Waals surface area contributed by atoms with E-state index in [0.29, 0.717) is 32.0 Å². The van der Waals surface area contributed by atoms with Gasteiger partial charge in [-0.3, -0.25) is 5.32 Å². The van der Waals surface area contributed by atoms with Crippen molar-refractivity contribution in [2.45, 2.75) is 76.2 Å². The van der Waals surface area contributed by atoms with Gasteiger partial charge in [0.15, 0.2) is 6.29 Å². The zero-order chi connectivity index (χ0) is 20.2. The molecule has 3 fully saturated rings. The first-order valence-electron chi connectivity index (χ1n) is 11.0. The molecule has 1 aromatic rings. The van der Waals surface area contributed by atoms with E-state index in [1.165, 1.54) is 48.1 Å². The Balaban J connectivity index is 1.37. The highest BCUT2D eigenvalue weighted by Crippen LogP contribution is 2.33. The van der Waals surface area contributed by atoms with Crippen molar-refractivity contribution in [3.05, 3.63) is 35.4 Å². The highest BCUT2D eigenvalue weighted by atomic mass is 16.5. The fourth-order valence-corrected chi connectivity index (χ4v) is 4.74. The maximum Gasteiger partial charge on any atom is 0.328 e. The number of imide groups is 1. The molecule has 4 rings (SSSR count). The van der Waals surface area contributed by atoms with Crippen LogP contribution in [0.1, 0.15) is 75.0 Å². The number of hydrogen-bond donors (Lipinski definition) is 3. The van der Waals surface area contributed by atoms with Gasteiger partial charge in [0.05, 0.1) is 0 Å². The van der Waals surface area contributed by atoms with E-state index in [4.69, 9.17) is 4.74 Å². The van der Waals surface area contributed by atoms with E-state index in [0.717, 1.165) is 0 Å². The molecule has 158 valence electrons. The van der Waals surface area contributed by atoms with E-state index in [1.54, 1.807) is 0 Å². The highest BCUT2D eigenvalue weighted by Gasteiger charge is 2.37. The molecule has 1 aromatic carbocycles. The minimum atomic E-state index is -0.584. The maximum absolute atomic E-state index is 12.6. The molecule has 0 bridgehead atoms. The number of hydrogen-bond acceptors (Lipinski definition) is 4. The topological polar surface area (TPSA) is 82.7 Å². The van der Waals surface area contributed by atoms with Crippen LogP contribution in [0, 0.1) is 0 Å². The fourth-order valence-electron chi connectivity index (χ4n) is 4.74. The Morgan fingerprint density at radius 1 is 1.03 bits per heavy atom. The van der Waals surface area contributed by atoms with Crippen molar-refractivity contribution in [2.75, 3.05) is 13.2 Å². The number of rotatable bonds is 5. The van der Waals surface area contributed by atoms with Gasteiger partial charge in [0.25, 0.3) is 0 Å². The summed E-state index contributed by atoms with van der Waals surface area (Å²) in [6, 6.07) is 7.92. The summed E-state index contributed by atoms with van der Waals surface area (Å²) < 4.78 is 5.33. The second-order valence-electron chi connectivity index (χ2n) is 8.44. The van der Waals surface area contributed by atoms with E-state index in [-0.39, 0.29) is 24.1 Å². The number of nitrogens with one attached hydrogen (secondary N) is 3. The summed E-state index contributed by atoms with van der Waals surface area (Å²) >= 11 is 0. The van der Waals surface area contributed by atoms with E-state index >= 15 is 0 Å². The molecular weight excluding hydrogens is 368 g/mol. The smallest absolute Gasteiger partial charge is 0.328 e. The van der Waals surface area contributed by atoms with Gasteiger partial charge in [0.1, 0.15) is 0 Å². The lowest BCUT2D eigenvalue weighted by Gasteiger charge is -2.39. The van der Waals surface area contributed by atoms with E-state index in [2.05, 4.69) is 47.1 Å². The third-order valence-corrected chi connectivity index (χ3v) is 6.43. The summed E-state index contributed by atoms with van der Waals surface area (Å²) in [5, 5.41) is 9.09. The second kappa shape index (κ2) is 9.13. The molecule has 0 spiro atoms. The van der Waals surface area contributed by atoms with Crippen molar-refractivity contribution in [1.82, 2.24) is 20.9 Å². The molecule has 0 radical (unpaired) electrons. The summed E-state index contributed by atoms with van der Waals surface area (Å²) in [5.74, 6) is 0.651. The minimum Gasteiger partial charge on any atom is -0.381 e. The Bertz CT molecular complexity index is 711. The monoisotopic (exact) mass is 400 g/mol. The molecular formula is C22H32N4O3. The molecule has 1 aliphatic carbocycles. The quantitative estimate of drug-likeness (QED) is 0.705. The van der Waals surface area contributed by atoms with Gasteiger partial charge in [-0.25, -0.2) is 14.5 Å². The normalized spacial score (nSPS) is 23.6. The SMILES string of the molecule is C[C@H](NC1NC(=O)N(C2CCOCC2)C(=O)N1)c1cccc(C2CCCCC2)c1. The Hall–Kier alpha value is -2.12. The molecule has 0 aromatic heterocycles. The van der Waals surface area contributed by atoms with Crippen molar-refractivity contribution in [1.29, 1.82) is 0 Å². The first kappa shape index (κ1) is 20.2. The predicted molar refractivity (Wildman–Crippen MR) is 110 cm³/mol. The lowest BCUT2D eigenvalue weighted by Crippen LogP contribution is -2.70. The van der Waals surface area contributed by atoms with E-state index < -0.39 is 6.29 Å². The molecule has 3 N–H and O–H groups in total. The van der Waals surface area contributed by atoms with Gasteiger partial charge in [-0.2, -0.15) is 0 Å². The molecule has 2 heterocycles. The first-order chi connectivity index (χ1) is 14.1. The van der Waals surface area contributed by atoms with Gasteiger partial charge in [-0.05, 0) is 49.7 Å². The van der Waals surface area contributed by atoms with Crippen LogP contribution in [0.3, 0.4) is 0 Å². The van der Waals surface area contributed by atoms with Crippen LogP contribution >= 0.6 is 0 Å². The van der Waals surface area contributed by atoms with E-state index in [9.17, 15) is 9.59 Å².